The third-order valence-corrected chi connectivity index (χ3v) is 5.41. The lowest BCUT2D eigenvalue weighted by Gasteiger charge is -2.31. The summed E-state index contributed by atoms with van der Waals surface area (Å²) in [5.74, 6) is 0.974. The van der Waals surface area contributed by atoms with Gasteiger partial charge in [0.25, 0.3) is 0 Å². The van der Waals surface area contributed by atoms with Gasteiger partial charge in [0.2, 0.25) is 0 Å². The van der Waals surface area contributed by atoms with E-state index in [1.165, 1.54) is 22.4 Å². The lowest BCUT2D eigenvalue weighted by molar-refractivity contribution is 0.122. The number of fused-ring (bicyclic) bond motifs is 1. The number of morpholine rings is 1. The zero-order chi connectivity index (χ0) is 18.5. The highest BCUT2D eigenvalue weighted by molar-refractivity contribution is 14.0. The second kappa shape index (κ2) is 10.1. The standard InChI is InChI=1S/C22H28N4O.HI/c1-23-22(26-11-10-19-4-2-3-5-20(19)17-26)24-16-18-6-8-21(9-7-18)25-12-14-27-15-13-25;/h2-9H,10-17H2,1H3,(H,23,24);1H. The van der Waals surface area contributed by atoms with Gasteiger partial charge < -0.3 is 19.9 Å². The normalized spacial score (nSPS) is 17.0. The van der Waals surface area contributed by atoms with Gasteiger partial charge in [-0.25, -0.2) is 0 Å². The van der Waals surface area contributed by atoms with Crippen LogP contribution in [-0.2, 0) is 24.2 Å². The molecule has 150 valence electrons. The molecule has 2 aromatic carbocycles. The molecule has 5 nitrogen and oxygen atoms in total. The monoisotopic (exact) mass is 492 g/mol. The summed E-state index contributed by atoms with van der Waals surface area (Å²) in [7, 11) is 1.87. The lowest BCUT2D eigenvalue weighted by Crippen LogP contribution is -2.43. The van der Waals surface area contributed by atoms with Crippen LogP contribution >= 0.6 is 24.0 Å². The molecule has 1 saturated heterocycles. The number of aliphatic imine (C=N–C) groups is 1. The number of rotatable bonds is 3. The number of guanidine groups is 1. The average molecular weight is 492 g/mol. The van der Waals surface area contributed by atoms with E-state index in [0.29, 0.717) is 0 Å². The van der Waals surface area contributed by atoms with E-state index in [1.54, 1.807) is 0 Å². The molecule has 0 spiro atoms. The molecule has 6 heteroatoms. The third kappa shape index (κ3) is 4.97. The first-order valence-electron chi connectivity index (χ1n) is 9.77. The Morgan fingerprint density at radius 1 is 1.00 bits per heavy atom. The first kappa shape index (κ1) is 20.9. The van der Waals surface area contributed by atoms with Gasteiger partial charge in [0.15, 0.2) is 5.96 Å². The third-order valence-electron chi connectivity index (χ3n) is 5.41. The first-order valence-corrected chi connectivity index (χ1v) is 9.77. The average Bonchev–Trinajstić information content (AvgIpc) is 2.75. The number of nitrogens with zero attached hydrogens (tertiary/aromatic N) is 3. The van der Waals surface area contributed by atoms with Crippen LogP contribution in [0, 0.1) is 0 Å². The molecular formula is C22H29IN4O. The van der Waals surface area contributed by atoms with E-state index >= 15 is 0 Å². The first-order chi connectivity index (χ1) is 13.3. The van der Waals surface area contributed by atoms with Crippen molar-refractivity contribution in [2.24, 2.45) is 4.99 Å². The second-order valence-corrected chi connectivity index (χ2v) is 7.11. The Bertz CT molecular complexity index is 787. The Morgan fingerprint density at radius 2 is 1.71 bits per heavy atom. The Labute approximate surface area is 184 Å². The number of hydrogen-bond acceptors (Lipinski definition) is 3. The molecule has 2 aliphatic heterocycles. The van der Waals surface area contributed by atoms with E-state index in [4.69, 9.17) is 4.74 Å². The molecule has 2 aromatic rings. The predicted octanol–water partition coefficient (Wildman–Crippen LogP) is 3.27. The van der Waals surface area contributed by atoms with Crippen LogP contribution < -0.4 is 10.2 Å². The van der Waals surface area contributed by atoms with E-state index in [9.17, 15) is 0 Å². The minimum Gasteiger partial charge on any atom is -0.378 e. The molecule has 2 heterocycles. The predicted molar refractivity (Wildman–Crippen MR) is 126 cm³/mol. The fraction of sp³-hybridized carbons (Fsp3) is 0.409. The van der Waals surface area contributed by atoms with Crippen LogP contribution in [0.3, 0.4) is 0 Å². The molecule has 0 saturated carbocycles. The minimum absolute atomic E-state index is 0. The Kier molecular flexibility index (Phi) is 7.56. The van der Waals surface area contributed by atoms with E-state index in [-0.39, 0.29) is 24.0 Å². The van der Waals surface area contributed by atoms with Crippen LogP contribution in [0.25, 0.3) is 0 Å². The smallest absolute Gasteiger partial charge is 0.194 e. The molecule has 4 rings (SSSR count). The highest BCUT2D eigenvalue weighted by atomic mass is 127. The van der Waals surface area contributed by atoms with Crippen molar-refractivity contribution in [2.45, 2.75) is 19.5 Å². The summed E-state index contributed by atoms with van der Waals surface area (Å²) in [4.78, 5) is 9.22. The van der Waals surface area contributed by atoms with Crippen LogP contribution in [0.4, 0.5) is 5.69 Å². The van der Waals surface area contributed by atoms with E-state index in [1.807, 2.05) is 7.05 Å². The SMILES string of the molecule is CN=C(NCc1ccc(N2CCOCC2)cc1)N1CCc2ccccc2C1.I. The number of halogens is 1. The maximum absolute atomic E-state index is 5.43. The van der Waals surface area contributed by atoms with Crippen LogP contribution in [0.5, 0.6) is 0 Å². The molecule has 28 heavy (non-hydrogen) atoms. The molecule has 0 bridgehead atoms. The van der Waals surface area contributed by atoms with Gasteiger partial charge in [0, 0.05) is 45.5 Å². The minimum atomic E-state index is 0. The fourth-order valence-corrected chi connectivity index (χ4v) is 3.84. The molecule has 0 radical (unpaired) electrons. The molecule has 0 atom stereocenters. The van der Waals surface area contributed by atoms with Crippen molar-refractivity contribution in [3.05, 3.63) is 65.2 Å². The topological polar surface area (TPSA) is 40.1 Å². The van der Waals surface area contributed by atoms with Gasteiger partial charge >= 0.3 is 0 Å². The van der Waals surface area contributed by atoms with Crippen molar-refractivity contribution in [1.29, 1.82) is 0 Å². The number of benzene rings is 2. The summed E-state index contributed by atoms with van der Waals surface area (Å²) in [5, 5.41) is 3.53. The lowest BCUT2D eigenvalue weighted by atomic mass is 10.0. The zero-order valence-corrected chi connectivity index (χ0v) is 18.8. The fourth-order valence-electron chi connectivity index (χ4n) is 3.84. The van der Waals surface area contributed by atoms with Crippen LogP contribution in [0.1, 0.15) is 16.7 Å². The second-order valence-electron chi connectivity index (χ2n) is 7.11. The summed E-state index contributed by atoms with van der Waals surface area (Å²) < 4.78 is 5.43. The van der Waals surface area contributed by atoms with Gasteiger partial charge in [-0.05, 0) is 35.2 Å². The molecular weight excluding hydrogens is 463 g/mol. The van der Waals surface area contributed by atoms with Gasteiger partial charge in [-0.2, -0.15) is 0 Å². The van der Waals surface area contributed by atoms with E-state index in [0.717, 1.165) is 58.3 Å². The van der Waals surface area contributed by atoms with Crippen molar-refractivity contribution < 1.29 is 4.74 Å². The van der Waals surface area contributed by atoms with Crippen LogP contribution in [0.2, 0.25) is 0 Å². The van der Waals surface area contributed by atoms with Crippen molar-refractivity contribution in [3.8, 4) is 0 Å². The molecule has 1 N–H and O–H groups in total. The van der Waals surface area contributed by atoms with Crippen LogP contribution in [-0.4, -0.2) is 50.8 Å². The summed E-state index contributed by atoms with van der Waals surface area (Å²) in [6, 6.07) is 17.5. The van der Waals surface area contributed by atoms with Gasteiger partial charge in [-0.15, -0.1) is 24.0 Å². The molecule has 0 amide bonds. The largest absolute Gasteiger partial charge is 0.378 e. The summed E-state index contributed by atoms with van der Waals surface area (Å²) in [6.45, 7) is 6.30. The summed E-state index contributed by atoms with van der Waals surface area (Å²) in [6.07, 6.45) is 1.07. The maximum atomic E-state index is 5.43. The van der Waals surface area contributed by atoms with Gasteiger partial charge in [0.05, 0.1) is 13.2 Å². The van der Waals surface area contributed by atoms with Gasteiger partial charge in [-0.3, -0.25) is 4.99 Å². The molecule has 2 aliphatic rings. The zero-order valence-electron chi connectivity index (χ0n) is 16.4. The molecule has 0 unspecified atom stereocenters. The maximum Gasteiger partial charge on any atom is 0.194 e. The quantitative estimate of drug-likeness (QED) is 0.406. The summed E-state index contributed by atoms with van der Waals surface area (Å²) >= 11 is 0. The van der Waals surface area contributed by atoms with Crippen LogP contribution in [0.15, 0.2) is 53.5 Å². The van der Waals surface area contributed by atoms with Gasteiger partial charge in [0.1, 0.15) is 0 Å². The van der Waals surface area contributed by atoms with Gasteiger partial charge in [-0.1, -0.05) is 36.4 Å². The Hall–Kier alpha value is -1.80. The number of hydrogen-bond donors (Lipinski definition) is 1. The van der Waals surface area contributed by atoms with Crippen molar-refractivity contribution in [1.82, 2.24) is 10.2 Å². The summed E-state index contributed by atoms with van der Waals surface area (Å²) in [5.41, 5.74) is 5.41. The highest BCUT2D eigenvalue weighted by Crippen LogP contribution is 2.19. The Balaban J connectivity index is 0.00000225. The number of ether oxygens (including phenoxy) is 1. The Morgan fingerprint density at radius 3 is 2.43 bits per heavy atom. The van der Waals surface area contributed by atoms with Crippen molar-refractivity contribution in [2.75, 3.05) is 44.8 Å². The van der Waals surface area contributed by atoms with E-state index in [2.05, 4.69) is 68.6 Å². The van der Waals surface area contributed by atoms with Crippen molar-refractivity contribution >= 4 is 35.6 Å². The van der Waals surface area contributed by atoms with Crippen molar-refractivity contribution in [3.63, 3.8) is 0 Å². The number of anilines is 1. The van der Waals surface area contributed by atoms with E-state index < -0.39 is 0 Å². The highest BCUT2D eigenvalue weighted by Gasteiger charge is 2.18. The number of nitrogens with one attached hydrogen (secondary N) is 1. The molecule has 1 fully saturated rings. The molecule has 0 aromatic heterocycles. The molecule has 0 aliphatic carbocycles.